The van der Waals surface area contributed by atoms with Gasteiger partial charge in [-0.05, 0) is 37.6 Å². The summed E-state index contributed by atoms with van der Waals surface area (Å²) >= 11 is 0. The zero-order valence-corrected chi connectivity index (χ0v) is 14.1. The van der Waals surface area contributed by atoms with Crippen molar-refractivity contribution in [2.75, 3.05) is 19.8 Å². The normalized spacial score (nSPS) is 10.6. The molecule has 4 nitrogen and oxygen atoms in total. The highest BCUT2D eigenvalue weighted by molar-refractivity contribution is 5.92. The molecule has 0 atom stereocenters. The maximum atomic E-state index is 11.9. The van der Waals surface area contributed by atoms with Crippen LogP contribution in [0.1, 0.15) is 18.1 Å². The first-order valence-electron chi connectivity index (χ1n) is 8.07. The van der Waals surface area contributed by atoms with Crippen LogP contribution in [0.25, 0.3) is 6.08 Å². The van der Waals surface area contributed by atoms with Gasteiger partial charge in [0.2, 0.25) is 5.91 Å². The van der Waals surface area contributed by atoms with E-state index in [1.807, 2.05) is 62.4 Å². The van der Waals surface area contributed by atoms with E-state index in [4.69, 9.17) is 9.47 Å². The summed E-state index contributed by atoms with van der Waals surface area (Å²) in [5.41, 5.74) is 1.96. The third kappa shape index (κ3) is 5.47. The number of carbonyl (C=O) groups excluding carboxylic acids is 1. The average Bonchev–Trinajstić information content (AvgIpc) is 2.59. The molecule has 0 saturated carbocycles. The van der Waals surface area contributed by atoms with Gasteiger partial charge in [0.15, 0.2) is 0 Å². The fourth-order valence-corrected chi connectivity index (χ4v) is 2.18. The van der Waals surface area contributed by atoms with E-state index < -0.39 is 0 Å². The average molecular weight is 325 g/mol. The van der Waals surface area contributed by atoms with E-state index in [2.05, 4.69) is 5.32 Å². The number of carbonyl (C=O) groups is 1. The third-order valence-corrected chi connectivity index (χ3v) is 3.39. The molecule has 0 heterocycles. The van der Waals surface area contributed by atoms with Crippen molar-refractivity contribution >= 4 is 12.0 Å². The maximum Gasteiger partial charge on any atom is 0.244 e. The number of ether oxygens (including phenoxy) is 2. The van der Waals surface area contributed by atoms with Crippen molar-refractivity contribution in [1.29, 1.82) is 0 Å². The molecule has 0 aliphatic rings. The summed E-state index contributed by atoms with van der Waals surface area (Å²) in [5, 5.41) is 2.80. The lowest BCUT2D eigenvalue weighted by atomic mass is 10.2. The van der Waals surface area contributed by atoms with Crippen molar-refractivity contribution < 1.29 is 14.3 Å². The molecule has 2 aromatic rings. The number of hydrogen-bond donors (Lipinski definition) is 1. The van der Waals surface area contributed by atoms with Crippen molar-refractivity contribution in [3.8, 4) is 11.5 Å². The van der Waals surface area contributed by atoms with Crippen molar-refractivity contribution in [2.45, 2.75) is 13.8 Å². The van der Waals surface area contributed by atoms with Gasteiger partial charge in [0.25, 0.3) is 0 Å². The van der Waals surface area contributed by atoms with Crippen LogP contribution in [0.2, 0.25) is 0 Å². The van der Waals surface area contributed by atoms with Crippen LogP contribution in [0.15, 0.2) is 54.6 Å². The topological polar surface area (TPSA) is 47.6 Å². The monoisotopic (exact) mass is 325 g/mol. The number of para-hydroxylation sites is 2. The Morgan fingerprint density at radius 2 is 1.75 bits per heavy atom. The molecular formula is C20H23NO3. The van der Waals surface area contributed by atoms with Gasteiger partial charge in [0.05, 0.1) is 13.2 Å². The van der Waals surface area contributed by atoms with Gasteiger partial charge in [-0.25, -0.2) is 0 Å². The molecule has 0 fully saturated rings. The molecule has 2 rings (SSSR count). The highest BCUT2D eigenvalue weighted by Crippen LogP contribution is 2.19. The lowest BCUT2D eigenvalue weighted by molar-refractivity contribution is -0.116. The molecule has 0 spiro atoms. The first kappa shape index (κ1) is 17.6. The summed E-state index contributed by atoms with van der Waals surface area (Å²) in [4.78, 5) is 11.9. The minimum atomic E-state index is -0.158. The quantitative estimate of drug-likeness (QED) is 0.596. The van der Waals surface area contributed by atoms with Gasteiger partial charge in [-0.3, -0.25) is 4.79 Å². The van der Waals surface area contributed by atoms with Crippen LogP contribution in [0.5, 0.6) is 11.5 Å². The lowest BCUT2D eigenvalue weighted by Crippen LogP contribution is -2.26. The maximum absolute atomic E-state index is 11.9. The Morgan fingerprint density at radius 3 is 2.50 bits per heavy atom. The van der Waals surface area contributed by atoms with Gasteiger partial charge in [-0.1, -0.05) is 36.4 Å². The Morgan fingerprint density at radius 1 is 1.04 bits per heavy atom. The summed E-state index contributed by atoms with van der Waals surface area (Å²) in [6.45, 7) is 5.39. The zero-order valence-electron chi connectivity index (χ0n) is 14.1. The molecule has 0 aromatic heterocycles. The number of benzene rings is 2. The lowest BCUT2D eigenvalue weighted by Gasteiger charge is -2.09. The zero-order chi connectivity index (χ0) is 17.2. The Labute approximate surface area is 143 Å². The molecule has 0 radical (unpaired) electrons. The molecule has 0 bridgehead atoms. The van der Waals surface area contributed by atoms with Gasteiger partial charge >= 0.3 is 0 Å². The Kier molecular flexibility index (Phi) is 6.90. The molecule has 0 aliphatic carbocycles. The number of aryl methyl sites for hydroxylation is 1. The SMILES string of the molecule is CCOc1ccccc1C=CC(=O)NCCOc1ccccc1C. The van der Waals surface area contributed by atoms with Crippen LogP contribution >= 0.6 is 0 Å². The van der Waals surface area contributed by atoms with Gasteiger partial charge in [0.1, 0.15) is 18.1 Å². The second-order valence-corrected chi connectivity index (χ2v) is 5.21. The molecule has 126 valence electrons. The van der Waals surface area contributed by atoms with Gasteiger partial charge < -0.3 is 14.8 Å². The van der Waals surface area contributed by atoms with Crippen LogP contribution in [0.4, 0.5) is 0 Å². The smallest absolute Gasteiger partial charge is 0.244 e. The van der Waals surface area contributed by atoms with E-state index in [0.717, 1.165) is 22.6 Å². The van der Waals surface area contributed by atoms with Crippen molar-refractivity contribution in [1.82, 2.24) is 5.32 Å². The van der Waals surface area contributed by atoms with Gasteiger partial charge in [-0.15, -0.1) is 0 Å². The molecule has 1 amide bonds. The number of nitrogens with one attached hydrogen (secondary N) is 1. The predicted molar refractivity (Wildman–Crippen MR) is 96.3 cm³/mol. The second-order valence-electron chi connectivity index (χ2n) is 5.21. The summed E-state index contributed by atoms with van der Waals surface area (Å²) < 4.78 is 11.2. The summed E-state index contributed by atoms with van der Waals surface area (Å²) in [6.07, 6.45) is 3.26. The summed E-state index contributed by atoms with van der Waals surface area (Å²) in [5.74, 6) is 1.45. The van der Waals surface area contributed by atoms with E-state index in [1.54, 1.807) is 6.08 Å². The molecule has 2 aromatic carbocycles. The largest absolute Gasteiger partial charge is 0.493 e. The Hall–Kier alpha value is -2.75. The molecule has 1 N–H and O–H groups in total. The van der Waals surface area contributed by atoms with Crippen LogP contribution in [0.3, 0.4) is 0 Å². The van der Waals surface area contributed by atoms with Crippen LogP contribution < -0.4 is 14.8 Å². The number of amides is 1. The first-order chi connectivity index (χ1) is 11.7. The van der Waals surface area contributed by atoms with Crippen LogP contribution in [-0.4, -0.2) is 25.7 Å². The van der Waals surface area contributed by atoms with Gasteiger partial charge in [0, 0.05) is 11.6 Å². The van der Waals surface area contributed by atoms with E-state index in [-0.39, 0.29) is 5.91 Å². The van der Waals surface area contributed by atoms with Crippen molar-refractivity contribution in [3.63, 3.8) is 0 Å². The third-order valence-electron chi connectivity index (χ3n) is 3.39. The summed E-state index contributed by atoms with van der Waals surface area (Å²) in [6, 6.07) is 15.4. The number of rotatable bonds is 8. The standard InChI is InChI=1S/C20H23NO3/c1-3-23-19-11-7-5-9-17(19)12-13-20(22)21-14-15-24-18-10-6-4-8-16(18)2/h4-13H,3,14-15H2,1-2H3,(H,21,22). The fourth-order valence-electron chi connectivity index (χ4n) is 2.18. The van der Waals surface area contributed by atoms with E-state index >= 15 is 0 Å². The highest BCUT2D eigenvalue weighted by atomic mass is 16.5. The van der Waals surface area contributed by atoms with E-state index in [0.29, 0.717) is 19.8 Å². The van der Waals surface area contributed by atoms with E-state index in [9.17, 15) is 4.79 Å². The molecule has 0 saturated heterocycles. The number of hydrogen-bond acceptors (Lipinski definition) is 3. The van der Waals surface area contributed by atoms with E-state index in [1.165, 1.54) is 6.08 Å². The fraction of sp³-hybridized carbons (Fsp3) is 0.250. The summed E-state index contributed by atoms with van der Waals surface area (Å²) in [7, 11) is 0. The predicted octanol–water partition coefficient (Wildman–Crippen LogP) is 3.60. The molecule has 4 heteroatoms. The Balaban J connectivity index is 1.78. The van der Waals surface area contributed by atoms with Crippen molar-refractivity contribution in [2.24, 2.45) is 0 Å². The molecule has 0 aliphatic heterocycles. The molecule has 24 heavy (non-hydrogen) atoms. The van der Waals surface area contributed by atoms with Crippen LogP contribution in [0, 0.1) is 6.92 Å². The minimum Gasteiger partial charge on any atom is -0.493 e. The Bertz CT molecular complexity index is 695. The first-order valence-corrected chi connectivity index (χ1v) is 8.07. The van der Waals surface area contributed by atoms with Gasteiger partial charge in [-0.2, -0.15) is 0 Å². The molecule has 0 unspecified atom stereocenters. The van der Waals surface area contributed by atoms with Crippen molar-refractivity contribution in [3.05, 3.63) is 65.7 Å². The minimum absolute atomic E-state index is 0.158. The second kappa shape index (κ2) is 9.40. The molecular weight excluding hydrogens is 302 g/mol. The van der Waals surface area contributed by atoms with Crippen LogP contribution in [-0.2, 0) is 4.79 Å². The highest BCUT2D eigenvalue weighted by Gasteiger charge is 2.01.